The number of likely N-dealkylation sites (N-methyl/N-ethyl adjacent to an activating group) is 1. The number of carbonyl (C=O) groups excluding carboxylic acids is 2. The van der Waals surface area contributed by atoms with Crippen LogP contribution in [0.3, 0.4) is 0 Å². The van der Waals surface area contributed by atoms with Gasteiger partial charge in [-0.3, -0.25) is 9.59 Å². The molecule has 1 atom stereocenters. The standard InChI is InChI=1S/C19H20N2O4/c1-12-8-9-13(10-16(12)24-3)19(23)21-11-17(18(22)20-2)25-15-7-5-4-6-14(15)21/h4-10,17H,11H2,1-3H3,(H,20,22)/t17-/m1/s1. The Hall–Kier alpha value is -3.02. The summed E-state index contributed by atoms with van der Waals surface area (Å²) in [6, 6.07) is 12.5. The van der Waals surface area contributed by atoms with Crippen molar-refractivity contribution in [3.8, 4) is 11.5 Å². The van der Waals surface area contributed by atoms with E-state index in [0.717, 1.165) is 5.56 Å². The first-order valence-electron chi connectivity index (χ1n) is 7.99. The van der Waals surface area contributed by atoms with Gasteiger partial charge in [0.05, 0.1) is 19.3 Å². The number of rotatable bonds is 3. The summed E-state index contributed by atoms with van der Waals surface area (Å²) >= 11 is 0. The van der Waals surface area contributed by atoms with Crippen molar-refractivity contribution in [3.63, 3.8) is 0 Å². The first-order chi connectivity index (χ1) is 12.0. The third-order valence-electron chi connectivity index (χ3n) is 4.21. The van der Waals surface area contributed by atoms with E-state index >= 15 is 0 Å². The molecule has 6 nitrogen and oxygen atoms in total. The van der Waals surface area contributed by atoms with Crippen LogP contribution in [0.25, 0.3) is 0 Å². The molecule has 0 bridgehead atoms. The first kappa shape index (κ1) is 16.8. The molecule has 0 radical (unpaired) electrons. The SMILES string of the molecule is CNC(=O)[C@H]1CN(C(=O)c2ccc(C)c(OC)c2)c2ccccc2O1. The quantitative estimate of drug-likeness (QED) is 0.930. The Bertz CT molecular complexity index is 819. The molecule has 1 aliphatic heterocycles. The van der Waals surface area contributed by atoms with Crippen LogP contribution in [0.15, 0.2) is 42.5 Å². The van der Waals surface area contributed by atoms with Crippen molar-refractivity contribution in [1.29, 1.82) is 0 Å². The molecule has 2 aromatic carbocycles. The van der Waals surface area contributed by atoms with Crippen molar-refractivity contribution in [2.45, 2.75) is 13.0 Å². The van der Waals surface area contributed by atoms with E-state index < -0.39 is 6.10 Å². The number of nitrogens with one attached hydrogen (secondary N) is 1. The van der Waals surface area contributed by atoms with E-state index in [9.17, 15) is 9.59 Å². The molecule has 1 heterocycles. The second-order valence-electron chi connectivity index (χ2n) is 5.79. The molecule has 25 heavy (non-hydrogen) atoms. The van der Waals surface area contributed by atoms with Crippen molar-refractivity contribution in [2.75, 3.05) is 25.6 Å². The normalized spacial score (nSPS) is 15.8. The molecule has 6 heteroatoms. The van der Waals surface area contributed by atoms with Gasteiger partial charge >= 0.3 is 0 Å². The molecule has 0 fully saturated rings. The number of para-hydroxylation sites is 2. The van der Waals surface area contributed by atoms with Crippen LogP contribution in [-0.2, 0) is 4.79 Å². The minimum Gasteiger partial charge on any atom is -0.496 e. The lowest BCUT2D eigenvalue weighted by molar-refractivity contribution is -0.127. The molecule has 2 aromatic rings. The maximum Gasteiger partial charge on any atom is 0.262 e. The molecule has 1 aliphatic rings. The number of amides is 2. The predicted octanol–water partition coefficient (Wildman–Crippen LogP) is 2.16. The minimum absolute atomic E-state index is 0.145. The summed E-state index contributed by atoms with van der Waals surface area (Å²) in [6.07, 6.45) is -0.754. The van der Waals surface area contributed by atoms with E-state index in [1.54, 1.807) is 43.3 Å². The highest BCUT2D eigenvalue weighted by atomic mass is 16.5. The summed E-state index contributed by atoms with van der Waals surface area (Å²) < 4.78 is 11.0. The predicted molar refractivity (Wildman–Crippen MR) is 94.3 cm³/mol. The monoisotopic (exact) mass is 340 g/mol. The number of hydrogen-bond acceptors (Lipinski definition) is 4. The smallest absolute Gasteiger partial charge is 0.262 e. The summed E-state index contributed by atoms with van der Waals surface area (Å²) in [5.41, 5.74) is 2.09. The Morgan fingerprint density at radius 3 is 2.72 bits per heavy atom. The van der Waals surface area contributed by atoms with Crippen LogP contribution in [0.1, 0.15) is 15.9 Å². The van der Waals surface area contributed by atoms with Crippen molar-refractivity contribution >= 4 is 17.5 Å². The second kappa shape index (κ2) is 6.84. The molecule has 2 amide bonds. The maximum absolute atomic E-state index is 13.1. The molecule has 0 saturated carbocycles. The van der Waals surface area contributed by atoms with Gasteiger partial charge in [-0.25, -0.2) is 0 Å². The number of anilines is 1. The van der Waals surface area contributed by atoms with Gasteiger partial charge in [0, 0.05) is 12.6 Å². The van der Waals surface area contributed by atoms with Crippen LogP contribution in [-0.4, -0.2) is 38.6 Å². The van der Waals surface area contributed by atoms with Gasteiger partial charge < -0.3 is 19.7 Å². The van der Waals surface area contributed by atoms with Gasteiger partial charge in [0.15, 0.2) is 6.10 Å². The number of fused-ring (bicyclic) bond motifs is 1. The number of nitrogens with zero attached hydrogens (tertiary/aromatic N) is 1. The molecule has 0 saturated heterocycles. The van der Waals surface area contributed by atoms with Gasteiger partial charge in [-0.1, -0.05) is 18.2 Å². The highest BCUT2D eigenvalue weighted by molar-refractivity contribution is 6.08. The summed E-state index contributed by atoms with van der Waals surface area (Å²) in [5.74, 6) is 0.682. The summed E-state index contributed by atoms with van der Waals surface area (Å²) in [6.45, 7) is 2.06. The van der Waals surface area contributed by atoms with Gasteiger partial charge in [0.2, 0.25) is 0 Å². The van der Waals surface area contributed by atoms with Crippen molar-refractivity contribution in [3.05, 3.63) is 53.6 Å². The lowest BCUT2D eigenvalue weighted by Gasteiger charge is -2.34. The maximum atomic E-state index is 13.1. The van der Waals surface area contributed by atoms with Crippen LogP contribution in [0.5, 0.6) is 11.5 Å². The van der Waals surface area contributed by atoms with Crippen LogP contribution >= 0.6 is 0 Å². The summed E-state index contributed by atoms with van der Waals surface area (Å²) in [5, 5.41) is 2.57. The summed E-state index contributed by atoms with van der Waals surface area (Å²) in [7, 11) is 3.12. The average Bonchev–Trinajstić information content (AvgIpc) is 2.66. The number of ether oxygens (including phenoxy) is 2. The fraction of sp³-hybridized carbons (Fsp3) is 0.263. The largest absolute Gasteiger partial charge is 0.496 e. The Kier molecular flexibility index (Phi) is 4.61. The van der Waals surface area contributed by atoms with E-state index in [1.165, 1.54) is 0 Å². The number of benzene rings is 2. The fourth-order valence-electron chi connectivity index (χ4n) is 2.83. The van der Waals surface area contributed by atoms with E-state index in [0.29, 0.717) is 22.7 Å². The van der Waals surface area contributed by atoms with Gasteiger partial charge in [0.25, 0.3) is 11.8 Å². The lowest BCUT2D eigenvalue weighted by Crippen LogP contribution is -2.50. The highest BCUT2D eigenvalue weighted by Gasteiger charge is 2.33. The van der Waals surface area contributed by atoms with E-state index in [2.05, 4.69) is 5.32 Å². The van der Waals surface area contributed by atoms with Gasteiger partial charge in [-0.15, -0.1) is 0 Å². The Morgan fingerprint density at radius 1 is 1.24 bits per heavy atom. The molecule has 0 aliphatic carbocycles. The molecular weight excluding hydrogens is 320 g/mol. The average molecular weight is 340 g/mol. The number of methoxy groups -OCH3 is 1. The van der Waals surface area contributed by atoms with Gasteiger partial charge in [0.1, 0.15) is 11.5 Å². The van der Waals surface area contributed by atoms with Crippen LogP contribution in [0, 0.1) is 6.92 Å². The Balaban J connectivity index is 1.99. The Morgan fingerprint density at radius 2 is 2.00 bits per heavy atom. The topological polar surface area (TPSA) is 67.9 Å². The summed E-state index contributed by atoms with van der Waals surface area (Å²) in [4.78, 5) is 26.7. The van der Waals surface area contributed by atoms with Gasteiger partial charge in [-0.2, -0.15) is 0 Å². The molecule has 3 rings (SSSR count). The molecular formula is C19H20N2O4. The van der Waals surface area contributed by atoms with E-state index in [-0.39, 0.29) is 18.4 Å². The van der Waals surface area contributed by atoms with E-state index in [4.69, 9.17) is 9.47 Å². The van der Waals surface area contributed by atoms with E-state index in [1.807, 2.05) is 25.1 Å². The first-order valence-corrected chi connectivity index (χ1v) is 7.99. The van der Waals surface area contributed by atoms with Crippen LogP contribution < -0.4 is 19.7 Å². The van der Waals surface area contributed by atoms with Gasteiger partial charge in [-0.05, 0) is 36.8 Å². The van der Waals surface area contributed by atoms with Crippen molar-refractivity contribution in [1.82, 2.24) is 5.32 Å². The van der Waals surface area contributed by atoms with Crippen LogP contribution in [0.4, 0.5) is 5.69 Å². The highest BCUT2D eigenvalue weighted by Crippen LogP contribution is 2.34. The second-order valence-corrected chi connectivity index (χ2v) is 5.79. The zero-order valence-corrected chi connectivity index (χ0v) is 14.4. The number of aryl methyl sites for hydroxylation is 1. The van der Waals surface area contributed by atoms with Crippen LogP contribution in [0.2, 0.25) is 0 Å². The van der Waals surface area contributed by atoms with Crippen molar-refractivity contribution in [2.24, 2.45) is 0 Å². The third-order valence-corrected chi connectivity index (χ3v) is 4.21. The number of hydrogen-bond donors (Lipinski definition) is 1. The molecule has 0 spiro atoms. The number of carbonyl (C=O) groups is 2. The molecule has 0 unspecified atom stereocenters. The molecule has 1 N–H and O–H groups in total. The zero-order valence-electron chi connectivity index (χ0n) is 14.4. The third kappa shape index (κ3) is 3.15. The zero-order chi connectivity index (χ0) is 18.0. The molecule has 130 valence electrons. The molecule has 0 aromatic heterocycles. The minimum atomic E-state index is -0.754. The lowest BCUT2D eigenvalue weighted by atomic mass is 10.1. The van der Waals surface area contributed by atoms with Crippen molar-refractivity contribution < 1.29 is 19.1 Å². The fourth-order valence-corrected chi connectivity index (χ4v) is 2.83. The Labute approximate surface area is 146 Å².